The number of carbonyl (C=O) groups excluding carboxylic acids is 1. The van der Waals surface area contributed by atoms with Gasteiger partial charge in [-0.05, 0) is 55.7 Å². The molecule has 1 fully saturated rings. The van der Waals surface area contributed by atoms with E-state index >= 15 is 0 Å². The SMILES string of the molecule is CC(C)OC(=O)N1CCC(Oc2ncnc3c2CCN3c2ccc([S+](C)[O-])cc2)CC1. The second-order valence-corrected chi connectivity index (χ2v) is 9.45. The molecule has 0 radical (unpaired) electrons. The number of anilines is 2. The van der Waals surface area contributed by atoms with E-state index in [0.717, 1.165) is 47.8 Å². The van der Waals surface area contributed by atoms with Gasteiger partial charge in [-0.1, -0.05) is 0 Å². The number of likely N-dealkylation sites (tertiary alicyclic amines) is 1. The number of ether oxygens (including phenoxy) is 2. The first-order valence-electron chi connectivity index (χ1n) is 10.6. The molecule has 3 heterocycles. The van der Waals surface area contributed by atoms with Gasteiger partial charge >= 0.3 is 6.09 Å². The Morgan fingerprint density at radius 3 is 2.52 bits per heavy atom. The lowest BCUT2D eigenvalue weighted by atomic mass is 10.1. The second kappa shape index (κ2) is 9.32. The predicted molar refractivity (Wildman–Crippen MR) is 118 cm³/mol. The van der Waals surface area contributed by atoms with Crippen LogP contribution in [0, 0.1) is 0 Å². The molecule has 1 aromatic heterocycles. The van der Waals surface area contributed by atoms with E-state index in [1.165, 1.54) is 6.33 Å². The zero-order chi connectivity index (χ0) is 22.0. The molecule has 0 N–H and O–H groups in total. The molecular weight excluding hydrogens is 416 g/mol. The van der Waals surface area contributed by atoms with Crippen molar-refractivity contribution in [3.05, 3.63) is 36.2 Å². The maximum absolute atomic E-state index is 12.1. The predicted octanol–water partition coefficient (Wildman–Crippen LogP) is 3.30. The van der Waals surface area contributed by atoms with Gasteiger partial charge in [0.15, 0.2) is 4.90 Å². The summed E-state index contributed by atoms with van der Waals surface area (Å²) in [5.41, 5.74) is 2.02. The molecular formula is C22H28N4O4S. The number of benzene rings is 1. The molecule has 1 aromatic carbocycles. The summed E-state index contributed by atoms with van der Waals surface area (Å²) in [6.45, 7) is 5.72. The molecule has 2 aliphatic heterocycles. The standard InChI is InChI=1S/C22H28N4O4S/c1-15(2)29-22(27)25-11-8-17(9-12-25)30-21-19-10-13-26(20(19)23-14-24-21)16-4-6-18(7-5-16)31(3)28/h4-7,14-15,17H,8-13H2,1-3H3. The van der Waals surface area contributed by atoms with Crippen molar-refractivity contribution in [3.63, 3.8) is 0 Å². The Hall–Kier alpha value is -2.52. The minimum absolute atomic E-state index is 0.00923. The Kier molecular flexibility index (Phi) is 6.52. The number of fused-ring (bicyclic) bond motifs is 1. The zero-order valence-corrected chi connectivity index (χ0v) is 18.9. The number of hydrogen-bond donors (Lipinski definition) is 0. The molecule has 166 valence electrons. The molecule has 8 nitrogen and oxygen atoms in total. The third-order valence-corrected chi connectivity index (χ3v) is 6.46. The Bertz CT molecular complexity index is 914. The Morgan fingerprint density at radius 2 is 1.87 bits per heavy atom. The summed E-state index contributed by atoms with van der Waals surface area (Å²) in [7, 11) is 0. The number of hydrogen-bond acceptors (Lipinski definition) is 7. The first-order valence-corrected chi connectivity index (χ1v) is 12.2. The third-order valence-electron chi connectivity index (χ3n) is 5.52. The molecule has 1 unspecified atom stereocenters. The highest BCUT2D eigenvalue weighted by Gasteiger charge is 2.30. The van der Waals surface area contributed by atoms with Crippen molar-refractivity contribution < 1.29 is 18.8 Å². The lowest BCUT2D eigenvalue weighted by Crippen LogP contribution is -2.42. The number of nitrogens with zero attached hydrogens (tertiary/aromatic N) is 4. The van der Waals surface area contributed by atoms with Gasteiger partial charge in [-0.15, -0.1) is 0 Å². The van der Waals surface area contributed by atoms with Crippen LogP contribution in [0.4, 0.5) is 16.3 Å². The second-order valence-electron chi connectivity index (χ2n) is 8.07. The highest BCUT2D eigenvalue weighted by molar-refractivity contribution is 7.90. The molecule has 0 spiro atoms. The van der Waals surface area contributed by atoms with Crippen molar-refractivity contribution in [2.45, 2.75) is 50.2 Å². The lowest BCUT2D eigenvalue weighted by molar-refractivity contribution is 0.0505. The average Bonchev–Trinajstić information content (AvgIpc) is 3.19. The van der Waals surface area contributed by atoms with Crippen LogP contribution in [0.5, 0.6) is 5.88 Å². The molecule has 1 atom stereocenters. The largest absolute Gasteiger partial charge is 0.612 e. The number of aromatic nitrogens is 2. The quantitative estimate of drug-likeness (QED) is 0.654. The Labute approximate surface area is 185 Å². The number of rotatable bonds is 5. The van der Waals surface area contributed by atoms with Crippen molar-refractivity contribution in [2.75, 3.05) is 30.8 Å². The van der Waals surface area contributed by atoms with Crippen molar-refractivity contribution >= 4 is 28.8 Å². The van der Waals surface area contributed by atoms with Gasteiger partial charge in [0.05, 0.1) is 11.7 Å². The highest BCUT2D eigenvalue weighted by atomic mass is 32.2. The van der Waals surface area contributed by atoms with Crippen molar-refractivity contribution in [1.82, 2.24) is 14.9 Å². The van der Waals surface area contributed by atoms with Crippen LogP contribution in [0.1, 0.15) is 32.3 Å². The summed E-state index contributed by atoms with van der Waals surface area (Å²) in [6.07, 6.45) is 5.13. The van der Waals surface area contributed by atoms with Gasteiger partial charge in [0.2, 0.25) is 5.88 Å². The van der Waals surface area contributed by atoms with Crippen LogP contribution in [-0.2, 0) is 22.3 Å². The first kappa shape index (κ1) is 21.7. The third kappa shape index (κ3) is 4.88. The van der Waals surface area contributed by atoms with Crippen LogP contribution in [0.3, 0.4) is 0 Å². The molecule has 9 heteroatoms. The minimum Gasteiger partial charge on any atom is -0.612 e. The van der Waals surface area contributed by atoms with Crippen molar-refractivity contribution in [1.29, 1.82) is 0 Å². The van der Waals surface area contributed by atoms with Crippen molar-refractivity contribution in [3.8, 4) is 5.88 Å². The van der Waals surface area contributed by atoms with E-state index in [9.17, 15) is 9.35 Å². The number of piperidine rings is 1. The smallest absolute Gasteiger partial charge is 0.410 e. The molecule has 0 saturated carbocycles. The first-order chi connectivity index (χ1) is 14.9. The molecule has 1 amide bonds. The molecule has 0 aliphatic carbocycles. The van der Waals surface area contributed by atoms with E-state index in [4.69, 9.17) is 9.47 Å². The van der Waals surface area contributed by atoms with E-state index < -0.39 is 11.2 Å². The summed E-state index contributed by atoms with van der Waals surface area (Å²) in [4.78, 5) is 25.6. The molecule has 2 aliphatic rings. The number of amides is 1. The topological polar surface area (TPSA) is 90.8 Å². The van der Waals surface area contributed by atoms with Gasteiger partial charge in [-0.3, -0.25) is 0 Å². The lowest BCUT2D eigenvalue weighted by Gasteiger charge is -2.32. The summed E-state index contributed by atoms with van der Waals surface area (Å²) >= 11 is -0.997. The highest BCUT2D eigenvalue weighted by Crippen LogP contribution is 2.37. The average molecular weight is 445 g/mol. The van der Waals surface area contributed by atoms with Gasteiger partial charge in [0, 0.05) is 38.2 Å². The fraction of sp³-hybridized carbons (Fsp3) is 0.500. The zero-order valence-electron chi connectivity index (χ0n) is 18.1. The van der Waals surface area contributed by atoms with Gasteiger partial charge in [-0.25, -0.2) is 14.8 Å². The summed E-state index contributed by atoms with van der Waals surface area (Å²) < 4.78 is 23.2. The maximum atomic E-state index is 12.1. The maximum Gasteiger partial charge on any atom is 0.410 e. The van der Waals surface area contributed by atoms with E-state index in [-0.39, 0.29) is 18.3 Å². The van der Waals surface area contributed by atoms with Gasteiger partial charge < -0.3 is 23.8 Å². The fourth-order valence-corrected chi connectivity index (χ4v) is 4.45. The van der Waals surface area contributed by atoms with Crippen LogP contribution in [0.2, 0.25) is 0 Å². The fourth-order valence-electron chi connectivity index (χ4n) is 3.93. The van der Waals surface area contributed by atoms with Crippen LogP contribution < -0.4 is 9.64 Å². The van der Waals surface area contributed by atoms with Crippen LogP contribution in [0.15, 0.2) is 35.5 Å². The van der Waals surface area contributed by atoms with E-state index in [0.29, 0.717) is 19.0 Å². The van der Waals surface area contributed by atoms with Gasteiger partial charge in [0.1, 0.15) is 24.5 Å². The normalized spacial score (nSPS) is 17.6. The summed E-state index contributed by atoms with van der Waals surface area (Å²) in [5.74, 6) is 1.48. The summed E-state index contributed by atoms with van der Waals surface area (Å²) in [6, 6.07) is 7.72. The molecule has 1 saturated heterocycles. The van der Waals surface area contributed by atoms with Gasteiger partial charge in [0.25, 0.3) is 0 Å². The van der Waals surface area contributed by atoms with E-state index in [2.05, 4.69) is 14.9 Å². The minimum atomic E-state index is -0.997. The molecule has 31 heavy (non-hydrogen) atoms. The van der Waals surface area contributed by atoms with Crippen LogP contribution in [-0.4, -0.2) is 63.6 Å². The van der Waals surface area contributed by atoms with E-state index in [1.807, 2.05) is 38.1 Å². The monoisotopic (exact) mass is 444 g/mol. The van der Waals surface area contributed by atoms with E-state index in [1.54, 1.807) is 11.2 Å². The van der Waals surface area contributed by atoms with Gasteiger partial charge in [-0.2, -0.15) is 0 Å². The molecule has 2 aromatic rings. The number of carbonyl (C=O) groups is 1. The molecule has 4 rings (SSSR count). The Balaban J connectivity index is 1.41. The van der Waals surface area contributed by atoms with Crippen LogP contribution >= 0.6 is 0 Å². The Morgan fingerprint density at radius 1 is 1.16 bits per heavy atom. The van der Waals surface area contributed by atoms with Crippen molar-refractivity contribution in [2.24, 2.45) is 0 Å². The van der Waals surface area contributed by atoms with Crippen LogP contribution in [0.25, 0.3) is 0 Å². The summed E-state index contributed by atoms with van der Waals surface area (Å²) in [5, 5.41) is 0. The molecule has 0 bridgehead atoms.